The van der Waals surface area contributed by atoms with Gasteiger partial charge in [-0.2, -0.15) is 4.39 Å². The van der Waals surface area contributed by atoms with Crippen LogP contribution in [0.4, 0.5) is 10.1 Å². The summed E-state index contributed by atoms with van der Waals surface area (Å²) in [5.74, 6) is -0.868. The smallest absolute Gasteiger partial charge is 0.260 e. The Morgan fingerprint density at radius 1 is 1.00 bits per heavy atom. The number of rotatable bonds is 5. The number of carbonyl (C=O) groups excluding carboxylic acids is 1. The second kappa shape index (κ2) is 7.37. The number of pyridine rings is 1. The van der Waals surface area contributed by atoms with Crippen LogP contribution in [0.25, 0.3) is 0 Å². The van der Waals surface area contributed by atoms with Crippen molar-refractivity contribution in [2.45, 2.75) is 6.61 Å². The Morgan fingerprint density at radius 3 is 2.54 bits per heavy atom. The molecule has 0 fully saturated rings. The van der Waals surface area contributed by atoms with Crippen molar-refractivity contribution in [3.63, 3.8) is 0 Å². The molecule has 0 aliphatic heterocycles. The summed E-state index contributed by atoms with van der Waals surface area (Å²) in [6.07, 6.45) is 1.29. The normalized spacial score (nSPS) is 10.2. The molecule has 0 saturated heterocycles. The number of benzene rings is 2. The molecule has 24 heavy (non-hydrogen) atoms. The molecule has 1 aromatic heterocycles. The Bertz CT molecular complexity index is 838. The average Bonchev–Trinajstić information content (AvgIpc) is 2.62. The topological polar surface area (TPSA) is 51.2 Å². The Morgan fingerprint density at radius 2 is 1.75 bits per heavy atom. The molecule has 1 amide bonds. The minimum atomic E-state index is -0.808. The molecule has 0 unspecified atom stereocenters. The quantitative estimate of drug-likeness (QED) is 0.721. The van der Waals surface area contributed by atoms with Gasteiger partial charge < -0.3 is 10.1 Å². The summed E-state index contributed by atoms with van der Waals surface area (Å²) in [4.78, 5) is 15.7. The lowest BCUT2D eigenvalue weighted by Gasteiger charge is -2.12. The third kappa shape index (κ3) is 3.76. The van der Waals surface area contributed by atoms with Crippen LogP contribution in [0.5, 0.6) is 5.75 Å². The zero-order valence-corrected chi connectivity index (χ0v) is 12.8. The van der Waals surface area contributed by atoms with E-state index in [-0.39, 0.29) is 5.56 Å². The molecule has 0 atom stereocenters. The number of aromatic nitrogens is 1. The van der Waals surface area contributed by atoms with E-state index in [1.165, 1.54) is 18.3 Å². The Hall–Kier alpha value is -3.21. The third-order valence-corrected chi connectivity index (χ3v) is 3.38. The lowest BCUT2D eigenvalue weighted by molar-refractivity contribution is 0.102. The van der Waals surface area contributed by atoms with Gasteiger partial charge in [0.05, 0.1) is 11.3 Å². The minimum Gasteiger partial charge on any atom is -0.487 e. The molecular weight excluding hydrogens is 307 g/mol. The summed E-state index contributed by atoms with van der Waals surface area (Å²) in [7, 11) is 0. The standard InChI is InChI=1S/C19H15FN2O2/c20-18-15(9-6-12-21-18)19(23)22-16-10-4-5-11-17(16)24-13-14-7-2-1-3-8-14/h1-12H,13H2,(H,22,23). The van der Waals surface area contributed by atoms with E-state index in [0.717, 1.165) is 5.56 Å². The van der Waals surface area contributed by atoms with Crippen LogP contribution in [0.15, 0.2) is 72.9 Å². The Kier molecular flexibility index (Phi) is 4.81. The maximum Gasteiger partial charge on any atom is 0.260 e. The van der Waals surface area contributed by atoms with Gasteiger partial charge in [-0.15, -0.1) is 0 Å². The van der Waals surface area contributed by atoms with Crippen molar-refractivity contribution in [1.29, 1.82) is 0 Å². The summed E-state index contributed by atoms with van der Waals surface area (Å²) >= 11 is 0. The van der Waals surface area contributed by atoms with Gasteiger partial charge in [-0.1, -0.05) is 42.5 Å². The van der Waals surface area contributed by atoms with E-state index in [1.807, 2.05) is 30.3 Å². The largest absolute Gasteiger partial charge is 0.487 e. The maximum absolute atomic E-state index is 13.6. The third-order valence-electron chi connectivity index (χ3n) is 3.38. The Balaban J connectivity index is 1.74. The summed E-state index contributed by atoms with van der Waals surface area (Å²) in [6.45, 7) is 0.370. The molecule has 1 N–H and O–H groups in total. The van der Waals surface area contributed by atoms with Crippen LogP contribution < -0.4 is 10.1 Å². The molecule has 0 spiro atoms. The van der Waals surface area contributed by atoms with Crippen molar-refractivity contribution in [2.75, 3.05) is 5.32 Å². The van der Waals surface area contributed by atoms with Gasteiger partial charge >= 0.3 is 0 Å². The Labute approximate surface area is 138 Å². The summed E-state index contributed by atoms with van der Waals surface area (Å²) in [6, 6.07) is 19.6. The monoisotopic (exact) mass is 322 g/mol. The van der Waals surface area contributed by atoms with Crippen molar-refractivity contribution in [1.82, 2.24) is 4.98 Å². The second-order valence-corrected chi connectivity index (χ2v) is 5.07. The molecule has 0 bridgehead atoms. The summed E-state index contributed by atoms with van der Waals surface area (Å²) < 4.78 is 19.4. The first kappa shape index (κ1) is 15.7. The molecule has 0 saturated carbocycles. The number of carbonyl (C=O) groups is 1. The van der Waals surface area contributed by atoms with E-state index in [2.05, 4.69) is 10.3 Å². The summed E-state index contributed by atoms with van der Waals surface area (Å²) in [5.41, 5.74) is 1.37. The lowest BCUT2D eigenvalue weighted by Crippen LogP contribution is -2.15. The number of ether oxygens (including phenoxy) is 1. The number of anilines is 1. The zero-order valence-electron chi connectivity index (χ0n) is 12.8. The number of hydrogen-bond acceptors (Lipinski definition) is 3. The number of nitrogens with zero attached hydrogens (tertiary/aromatic N) is 1. The fourth-order valence-electron chi connectivity index (χ4n) is 2.18. The SMILES string of the molecule is O=C(Nc1ccccc1OCc1ccccc1)c1cccnc1F. The van der Waals surface area contributed by atoms with E-state index in [9.17, 15) is 9.18 Å². The van der Waals surface area contributed by atoms with Gasteiger partial charge in [0, 0.05) is 6.20 Å². The van der Waals surface area contributed by atoms with Crippen molar-refractivity contribution < 1.29 is 13.9 Å². The molecule has 120 valence electrons. The zero-order chi connectivity index (χ0) is 16.8. The van der Waals surface area contributed by atoms with Crippen molar-refractivity contribution >= 4 is 11.6 Å². The van der Waals surface area contributed by atoms with Gasteiger partial charge in [0.2, 0.25) is 5.95 Å². The predicted octanol–water partition coefficient (Wildman–Crippen LogP) is 4.05. The van der Waals surface area contributed by atoms with Crippen molar-refractivity contribution in [3.05, 3.63) is 90.0 Å². The number of hydrogen-bond donors (Lipinski definition) is 1. The highest BCUT2D eigenvalue weighted by Crippen LogP contribution is 2.25. The van der Waals surface area contributed by atoms with Gasteiger partial charge in [-0.25, -0.2) is 4.98 Å². The van der Waals surface area contributed by atoms with E-state index in [0.29, 0.717) is 18.0 Å². The van der Waals surface area contributed by atoms with Gasteiger partial charge in [-0.3, -0.25) is 4.79 Å². The van der Waals surface area contributed by atoms with Gasteiger partial charge in [-0.05, 0) is 29.8 Å². The second-order valence-electron chi connectivity index (χ2n) is 5.07. The minimum absolute atomic E-state index is 0.115. The fraction of sp³-hybridized carbons (Fsp3) is 0.0526. The van der Waals surface area contributed by atoms with Crippen molar-refractivity contribution in [3.8, 4) is 5.75 Å². The number of nitrogens with one attached hydrogen (secondary N) is 1. The van der Waals surface area contributed by atoms with Crippen LogP contribution in [-0.4, -0.2) is 10.9 Å². The molecular formula is C19H15FN2O2. The van der Waals surface area contributed by atoms with Crippen LogP contribution in [0.3, 0.4) is 0 Å². The highest BCUT2D eigenvalue weighted by Gasteiger charge is 2.14. The van der Waals surface area contributed by atoms with Gasteiger partial charge in [0.15, 0.2) is 0 Å². The van der Waals surface area contributed by atoms with E-state index in [1.54, 1.807) is 24.3 Å². The molecule has 5 heteroatoms. The molecule has 0 aliphatic rings. The van der Waals surface area contributed by atoms with Crippen LogP contribution in [-0.2, 0) is 6.61 Å². The fourth-order valence-corrected chi connectivity index (χ4v) is 2.18. The number of halogens is 1. The van der Waals surface area contributed by atoms with Crippen LogP contribution in [0.1, 0.15) is 15.9 Å². The van der Waals surface area contributed by atoms with Gasteiger partial charge in [0.1, 0.15) is 12.4 Å². The van der Waals surface area contributed by atoms with Gasteiger partial charge in [0.25, 0.3) is 5.91 Å². The molecule has 4 nitrogen and oxygen atoms in total. The van der Waals surface area contributed by atoms with Crippen LogP contribution >= 0.6 is 0 Å². The van der Waals surface area contributed by atoms with E-state index >= 15 is 0 Å². The highest BCUT2D eigenvalue weighted by atomic mass is 19.1. The summed E-state index contributed by atoms with van der Waals surface area (Å²) in [5, 5.41) is 2.66. The molecule has 1 heterocycles. The molecule has 0 radical (unpaired) electrons. The lowest BCUT2D eigenvalue weighted by atomic mass is 10.2. The number of amides is 1. The molecule has 0 aliphatic carbocycles. The molecule has 3 aromatic rings. The maximum atomic E-state index is 13.6. The predicted molar refractivity (Wildman–Crippen MR) is 89.4 cm³/mol. The average molecular weight is 322 g/mol. The number of para-hydroxylation sites is 2. The van der Waals surface area contributed by atoms with Crippen LogP contribution in [0.2, 0.25) is 0 Å². The first-order valence-corrected chi connectivity index (χ1v) is 7.41. The first-order valence-electron chi connectivity index (χ1n) is 7.41. The van der Waals surface area contributed by atoms with Crippen LogP contribution in [0, 0.1) is 5.95 Å². The first-order chi connectivity index (χ1) is 11.7. The molecule has 3 rings (SSSR count). The van der Waals surface area contributed by atoms with E-state index < -0.39 is 11.9 Å². The van der Waals surface area contributed by atoms with Crippen molar-refractivity contribution in [2.24, 2.45) is 0 Å². The molecule has 2 aromatic carbocycles. The highest BCUT2D eigenvalue weighted by molar-refractivity contribution is 6.04. The van der Waals surface area contributed by atoms with E-state index in [4.69, 9.17) is 4.74 Å².